The van der Waals surface area contributed by atoms with Crippen LogP contribution in [0.25, 0.3) is 0 Å². The van der Waals surface area contributed by atoms with Crippen molar-refractivity contribution in [2.45, 2.75) is 13.0 Å². The molecule has 0 aliphatic rings. The number of carbonyl (C=O) groups excluding carboxylic acids is 1. The Bertz CT molecular complexity index is 442. The van der Waals surface area contributed by atoms with E-state index in [1.54, 1.807) is 25.1 Å². The predicted molar refractivity (Wildman–Crippen MR) is 78.9 cm³/mol. The van der Waals surface area contributed by atoms with Crippen LogP contribution in [0.5, 0.6) is 5.75 Å². The van der Waals surface area contributed by atoms with E-state index in [4.69, 9.17) is 21.1 Å². The maximum absolute atomic E-state index is 11.4. The van der Waals surface area contributed by atoms with Crippen molar-refractivity contribution in [2.75, 3.05) is 36.8 Å². The molecule has 0 aliphatic carbocycles. The molecule has 6 nitrogen and oxygen atoms in total. The van der Waals surface area contributed by atoms with Crippen LogP contribution in [-0.4, -0.2) is 43.4 Å². The Morgan fingerprint density at radius 2 is 2.25 bits per heavy atom. The van der Waals surface area contributed by atoms with Crippen LogP contribution in [0, 0.1) is 0 Å². The van der Waals surface area contributed by atoms with Crippen LogP contribution >= 0.6 is 11.6 Å². The maximum atomic E-state index is 11.4. The summed E-state index contributed by atoms with van der Waals surface area (Å²) in [5.74, 6) is 0.649. The summed E-state index contributed by atoms with van der Waals surface area (Å²) in [6.45, 7) is 2.35. The van der Waals surface area contributed by atoms with Crippen molar-refractivity contribution in [2.24, 2.45) is 0 Å². The standard InChI is InChI=1S/C13H19ClN2O4/c1-3-20-13(18)16-11-5-4-9(6-12(11)19-2)15-8-10(17)7-14/h4-6,10,15,17H,3,7-8H2,1-2H3,(H,16,18). The number of nitrogens with one attached hydrogen (secondary N) is 2. The van der Waals surface area contributed by atoms with Crippen molar-refractivity contribution in [3.05, 3.63) is 18.2 Å². The van der Waals surface area contributed by atoms with Crippen LogP contribution < -0.4 is 15.4 Å². The van der Waals surface area contributed by atoms with Crippen LogP contribution in [0.4, 0.5) is 16.2 Å². The SMILES string of the molecule is CCOC(=O)Nc1ccc(NCC(O)CCl)cc1OC. The summed E-state index contributed by atoms with van der Waals surface area (Å²) in [7, 11) is 1.50. The average molecular weight is 303 g/mol. The second-order valence-corrected chi connectivity index (χ2v) is 4.26. The van der Waals surface area contributed by atoms with Gasteiger partial charge in [-0.25, -0.2) is 4.79 Å². The molecular formula is C13H19ClN2O4. The highest BCUT2D eigenvalue weighted by Crippen LogP contribution is 2.28. The van der Waals surface area contributed by atoms with Gasteiger partial charge in [-0.2, -0.15) is 0 Å². The van der Waals surface area contributed by atoms with E-state index in [1.165, 1.54) is 7.11 Å². The number of hydrogen-bond acceptors (Lipinski definition) is 5. The highest BCUT2D eigenvalue weighted by molar-refractivity contribution is 6.18. The van der Waals surface area contributed by atoms with E-state index >= 15 is 0 Å². The van der Waals surface area contributed by atoms with E-state index in [0.29, 0.717) is 24.6 Å². The largest absolute Gasteiger partial charge is 0.494 e. The van der Waals surface area contributed by atoms with Gasteiger partial charge in [-0.15, -0.1) is 11.6 Å². The van der Waals surface area contributed by atoms with Gasteiger partial charge in [-0.3, -0.25) is 5.32 Å². The highest BCUT2D eigenvalue weighted by Gasteiger charge is 2.09. The molecule has 112 valence electrons. The molecule has 0 saturated carbocycles. The summed E-state index contributed by atoms with van der Waals surface area (Å²) >= 11 is 5.51. The van der Waals surface area contributed by atoms with Crippen molar-refractivity contribution in [1.29, 1.82) is 0 Å². The molecule has 0 fully saturated rings. The van der Waals surface area contributed by atoms with Crippen molar-refractivity contribution in [1.82, 2.24) is 0 Å². The monoisotopic (exact) mass is 302 g/mol. The molecule has 20 heavy (non-hydrogen) atoms. The van der Waals surface area contributed by atoms with Gasteiger partial charge >= 0.3 is 6.09 Å². The van der Waals surface area contributed by atoms with Gasteiger partial charge in [0.15, 0.2) is 0 Å². The Labute approximate surface area is 123 Å². The first-order valence-electron chi connectivity index (χ1n) is 6.20. The van der Waals surface area contributed by atoms with Gasteiger partial charge in [0.2, 0.25) is 0 Å². The fourth-order valence-electron chi connectivity index (χ4n) is 1.47. The summed E-state index contributed by atoms with van der Waals surface area (Å²) in [5.41, 5.74) is 1.26. The minimum atomic E-state index is -0.625. The first-order chi connectivity index (χ1) is 9.60. The van der Waals surface area contributed by atoms with Crippen molar-refractivity contribution < 1.29 is 19.4 Å². The zero-order chi connectivity index (χ0) is 15.0. The third-order valence-corrected chi connectivity index (χ3v) is 2.79. The zero-order valence-electron chi connectivity index (χ0n) is 11.5. The number of hydrogen-bond donors (Lipinski definition) is 3. The Hall–Kier alpha value is -1.66. The number of rotatable bonds is 7. The second kappa shape index (κ2) is 8.50. The Morgan fingerprint density at radius 1 is 1.50 bits per heavy atom. The molecule has 7 heteroatoms. The predicted octanol–water partition coefficient (Wildman–Crippen LogP) is 2.28. The molecule has 1 amide bonds. The Balaban J connectivity index is 2.72. The third-order valence-electron chi connectivity index (χ3n) is 2.43. The van der Waals surface area contributed by atoms with E-state index in [1.807, 2.05) is 0 Å². The van der Waals surface area contributed by atoms with Crippen molar-refractivity contribution in [3.8, 4) is 5.75 Å². The summed E-state index contributed by atoms with van der Waals surface area (Å²) in [5, 5.41) is 15.0. The normalized spacial score (nSPS) is 11.6. The average Bonchev–Trinajstić information content (AvgIpc) is 2.45. The lowest BCUT2D eigenvalue weighted by molar-refractivity contribution is 0.168. The van der Waals surface area contributed by atoms with Crippen LogP contribution in [0.15, 0.2) is 18.2 Å². The van der Waals surface area contributed by atoms with Crippen LogP contribution in [0.1, 0.15) is 6.92 Å². The molecule has 0 bridgehead atoms. The van der Waals surface area contributed by atoms with Crippen LogP contribution in [0.2, 0.25) is 0 Å². The van der Waals surface area contributed by atoms with Crippen molar-refractivity contribution >= 4 is 29.1 Å². The van der Waals surface area contributed by atoms with E-state index in [9.17, 15) is 9.90 Å². The van der Waals surface area contributed by atoms with E-state index in [-0.39, 0.29) is 5.88 Å². The van der Waals surface area contributed by atoms with Gasteiger partial charge in [-0.1, -0.05) is 0 Å². The quantitative estimate of drug-likeness (QED) is 0.673. The number of benzene rings is 1. The molecular weight excluding hydrogens is 284 g/mol. The molecule has 0 heterocycles. The molecule has 1 rings (SSSR count). The maximum Gasteiger partial charge on any atom is 0.411 e. The lowest BCUT2D eigenvalue weighted by atomic mass is 10.2. The zero-order valence-corrected chi connectivity index (χ0v) is 12.2. The first-order valence-corrected chi connectivity index (χ1v) is 6.73. The topological polar surface area (TPSA) is 79.8 Å². The Morgan fingerprint density at radius 3 is 2.85 bits per heavy atom. The summed E-state index contributed by atoms with van der Waals surface area (Å²) in [6.07, 6.45) is -1.16. The first kappa shape index (κ1) is 16.4. The van der Waals surface area contributed by atoms with Gasteiger partial charge in [0.25, 0.3) is 0 Å². The van der Waals surface area contributed by atoms with Crippen LogP contribution in [0.3, 0.4) is 0 Å². The molecule has 0 radical (unpaired) electrons. The number of amides is 1. The number of carbonyl (C=O) groups is 1. The minimum absolute atomic E-state index is 0.159. The third kappa shape index (κ3) is 5.14. The molecule has 1 aromatic carbocycles. The minimum Gasteiger partial charge on any atom is -0.494 e. The molecule has 1 atom stereocenters. The van der Waals surface area contributed by atoms with Gasteiger partial charge in [0.1, 0.15) is 5.75 Å². The molecule has 1 unspecified atom stereocenters. The Kier molecular flexibility index (Phi) is 6.97. The van der Waals surface area contributed by atoms with Gasteiger partial charge in [-0.05, 0) is 19.1 Å². The number of methoxy groups -OCH3 is 1. The van der Waals surface area contributed by atoms with Crippen molar-refractivity contribution in [3.63, 3.8) is 0 Å². The number of ether oxygens (including phenoxy) is 2. The fraction of sp³-hybridized carbons (Fsp3) is 0.462. The lowest BCUT2D eigenvalue weighted by Gasteiger charge is -2.14. The number of aliphatic hydroxyl groups is 1. The molecule has 3 N–H and O–H groups in total. The number of halogens is 1. The number of aliphatic hydroxyl groups excluding tert-OH is 1. The molecule has 0 aliphatic heterocycles. The molecule has 0 saturated heterocycles. The van der Waals surface area contributed by atoms with Gasteiger partial charge < -0.3 is 19.9 Å². The number of alkyl halides is 1. The molecule has 0 spiro atoms. The summed E-state index contributed by atoms with van der Waals surface area (Å²) in [4.78, 5) is 11.4. The van der Waals surface area contributed by atoms with E-state index in [0.717, 1.165) is 5.69 Å². The summed E-state index contributed by atoms with van der Waals surface area (Å²) < 4.78 is 10.00. The van der Waals surface area contributed by atoms with E-state index in [2.05, 4.69) is 10.6 Å². The smallest absolute Gasteiger partial charge is 0.411 e. The van der Waals surface area contributed by atoms with E-state index < -0.39 is 12.2 Å². The van der Waals surface area contributed by atoms with Crippen LogP contribution in [-0.2, 0) is 4.74 Å². The molecule has 1 aromatic rings. The fourth-order valence-corrected chi connectivity index (χ4v) is 1.58. The number of anilines is 2. The van der Waals surface area contributed by atoms with Gasteiger partial charge in [0.05, 0.1) is 31.4 Å². The molecule has 0 aromatic heterocycles. The highest BCUT2D eigenvalue weighted by atomic mass is 35.5. The summed E-state index contributed by atoms with van der Waals surface area (Å²) in [6, 6.07) is 5.15. The van der Waals surface area contributed by atoms with Gasteiger partial charge in [0, 0.05) is 18.3 Å². The second-order valence-electron chi connectivity index (χ2n) is 3.95. The lowest BCUT2D eigenvalue weighted by Crippen LogP contribution is -2.20.